The molecular formula is C23H19N3O2S2. The first kappa shape index (κ1) is 20.3. The van der Waals surface area contributed by atoms with Crippen LogP contribution < -0.4 is 5.32 Å². The number of hydrogen-bond donors (Lipinski definition) is 1. The minimum atomic E-state index is -0.397. The predicted octanol–water partition coefficient (Wildman–Crippen LogP) is 4.61. The van der Waals surface area contributed by atoms with E-state index in [1.54, 1.807) is 6.08 Å². The van der Waals surface area contributed by atoms with Gasteiger partial charge in [-0.05, 0) is 62.5 Å². The van der Waals surface area contributed by atoms with E-state index in [-0.39, 0.29) is 16.7 Å². The molecule has 0 aliphatic carbocycles. The van der Waals surface area contributed by atoms with Gasteiger partial charge in [0.2, 0.25) is 5.91 Å². The van der Waals surface area contributed by atoms with Gasteiger partial charge in [0.1, 0.15) is 10.7 Å². The highest BCUT2D eigenvalue weighted by Crippen LogP contribution is 2.33. The molecule has 1 N–H and O–H groups in total. The monoisotopic (exact) mass is 433 g/mol. The first-order chi connectivity index (χ1) is 14.3. The van der Waals surface area contributed by atoms with Gasteiger partial charge in [-0.2, -0.15) is 0 Å². The summed E-state index contributed by atoms with van der Waals surface area (Å²) in [5, 5.41) is 4.35. The van der Waals surface area contributed by atoms with Crippen molar-refractivity contribution in [3.8, 4) is 0 Å². The molecule has 2 heterocycles. The van der Waals surface area contributed by atoms with Gasteiger partial charge in [-0.15, -0.1) is 0 Å². The molecule has 0 spiro atoms. The molecule has 7 heteroatoms. The van der Waals surface area contributed by atoms with Crippen LogP contribution in [0.5, 0.6) is 0 Å². The molecule has 4 rings (SSSR count). The number of nitrogens with zero attached hydrogens (tertiary/aromatic N) is 2. The van der Waals surface area contributed by atoms with E-state index >= 15 is 0 Å². The van der Waals surface area contributed by atoms with Crippen molar-refractivity contribution in [3.05, 3.63) is 70.9 Å². The Bertz CT molecular complexity index is 1230. The zero-order chi connectivity index (χ0) is 21.4. The molecule has 5 nitrogen and oxygen atoms in total. The van der Waals surface area contributed by atoms with Crippen LogP contribution in [0.15, 0.2) is 64.1 Å². The molecule has 1 aliphatic rings. The second-order valence-corrected chi connectivity index (χ2v) is 8.59. The summed E-state index contributed by atoms with van der Waals surface area (Å²) in [6, 6.07) is 16.2. The normalized spacial score (nSPS) is 15.2. The van der Waals surface area contributed by atoms with Gasteiger partial charge >= 0.3 is 0 Å². The third-order valence-electron chi connectivity index (χ3n) is 4.70. The zero-order valence-corrected chi connectivity index (χ0v) is 18.4. The van der Waals surface area contributed by atoms with Crippen LogP contribution >= 0.6 is 24.0 Å². The molecule has 2 amide bonds. The average molecular weight is 434 g/mol. The van der Waals surface area contributed by atoms with Gasteiger partial charge in [0.15, 0.2) is 5.11 Å². The number of carbonyl (C=O) groups is 2. The molecule has 0 saturated carbocycles. The highest BCUT2D eigenvalue weighted by molar-refractivity contribution is 7.99. The summed E-state index contributed by atoms with van der Waals surface area (Å²) in [7, 11) is 0. The summed E-state index contributed by atoms with van der Waals surface area (Å²) in [6.45, 7) is 5.44. The first-order valence-electron chi connectivity index (χ1n) is 9.35. The van der Waals surface area contributed by atoms with Crippen LogP contribution in [0.25, 0.3) is 17.0 Å². The highest BCUT2D eigenvalue weighted by atomic mass is 32.2. The number of hydrogen-bond acceptors (Lipinski definition) is 5. The predicted molar refractivity (Wildman–Crippen MR) is 123 cm³/mol. The largest absolute Gasteiger partial charge is 0.297 e. The number of benzene rings is 2. The van der Waals surface area contributed by atoms with Crippen LogP contribution in [0.1, 0.15) is 23.6 Å². The molecule has 150 valence electrons. The summed E-state index contributed by atoms with van der Waals surface area (Å²) in [5.41, 5.74) is 4.11. The molecule has 1 fully saturated rings. The Labute approximate surface area is 184 Å². The average Bonchev–Trinajstić information content (AvgIpc) is 2.97. The van der Waals surface area contributed by atoms with Gasteiger partial charge in [0.05, 0.1) is 5.52 Å². The summed E-state index contributed by atoms with van der Waals surface area (Å²) in [6.07, 6.45) is 1.68. The number of amides is 2. The third-order valence-corrected chi connectivity index (χ3v) is 6.02. The number of aryl methyl sites for hydroxylation is 2. The van der Waals surface area contributed by atoms with Crippen molar-refractivity contribution in [2.75, 3.05) is 0 Å². The molecule has 2 aromatic carbocycles. The maximum atomic E-state index is 12.4. The molecule has 1 aliphatic heterocycles. The van der Waals surface area contributed by atoms with E-state index in [0.29, 0.717) is 0 Å². The second-order valence-electron chi connectivity index (χ2n) is 7.14. The van der Waals surface area contributed by atoms with Crippen LogP contribution in [0.3, 0.4) is 0 Å². The Kier molecular flexibility index (Phi) is 5.40. The van der Waals surface area contributed by atoms with E-state index in [9.17, 15) is 9.59 Å². The second kappa shape index (κ2) is 8.01. The summed E-state index contributed by atoms with van der Waals surface area (Å²) in [4.78, 5) is 31.6. The summed E-state index contributed by atoms with van der Waals surface area (Å²) in [5.74, 6) is -0.715. The van der Waals surface area contributed by atoms with Crippen molar-refractivity contribution in [1.29, 1.82) is 0 Å². The van der Waals surface area contributed by atoms with E-state index in [0.717, 1.165) is 32.0 Å². The van der Waals surface area contributed by atoms with Crippen LogP contribution in [-0.2, 0) is 9.59 Å². The Morgan fingerprint density at radius 3 is 2.50 bits per heavy atom. The Morgan fingerprint density at radius 1 is 1.10 bits per heavy atom. The Hall–Kier alpha value is -3.03. The minimum Gasteiger partial charge on any atom is -0.297 e. The minimum absolute atomic E-state index is 0.0936. The number of aromatic nitrogens is 1. The summed E-state index contributed by atoms with van der Waals surface area (Å²) < 4.78 is 0. The number of thiocarbonyl (C=S) groups is 1. The maximum absolute atomic E-state index is 12.4. The summed E-state index contributed by atoms with van der Waals surface area (Å²) >= 11 is 6.66. The molecule has 0 unspecified atom stereocenters. The molecule has 3 aromatic rings. The lowest BCUT2D eigenvalue weighted by Crippen LogP contribution is -2.31. The molecule has 30 heavy (non-hydrogen) atoms. The number of fused-ring (bicyclic) bond motifs is 1. The first-order valence-corrected chi connectivity index (χ1v) is 10.6. The van der Waals surface area contributed by atoms with E-state index in [2.05, 4.69) is 5.32 Å². The fraction of sp³-hybridized carbons (Fsp3) is 0.130. The van der Waals surface area contributed by atoms with Crippen molar-refractivity contribution in [3.63, 3.8) is 0 Å². The van der Waals surface area contributed by atoms with Gasteiger partial charge in [-0.25, -0.2) is 4.98 Å². The van der Waals surface area contributed by atoms with Gasteiger partial charge in [-0.3, -0.25) is 19.8 Å². The van der Waals surface area contributed by atoms with Crippen LogP contribution in [0.4, 0.5) is 0 Å². The lowest BCUT2D eigenvalue weighted by Gasteiger charge is -2.14. The SMILES string of the molecule is CC(=O)N1C(=S)NC(=O)/C1=C/c1cc2cc(C)ccc2nc1Sc1ccc(C)cc1. The molecular weight excluding hydrogens is 414 g/mol. The molecule has 0 atom stereocenters. The van der Waals surface area contributed by atoms with E-state index in [1.807, 2.05) is 62.4 Å². The van der Waals surface area contributed by atoms with E-state index in [1.165, 1.54) is 29.1 Å². The van der Waals surface area contributed by atoms with Crippen molar-refractivity contribution in [2.45, 2.75) is 30.7 Å². The lowest BCUT2D eigenvalue weighted by atomic mass is 10.1. The van der Waals surface area contributed by atoms with Gasteiger partial charge in [-0.1, -0.05) is 41.1 Å². The third kappa shape index (κ3) is 3.99. The van der Waals surface area contributed by atoms with Crippen molar-refractivity contribution in [1.82, 2.24) is 15.2 Å². The molecule has 1 saturated heterocycles. The van der Waals surface area contributed by atoms with Crippen LogP contribution in [0, 0.1) is 13.8 Å². The maximum Gasteiger partial charge on any atom is 0.274 e. The van der Waals surface area contributed by atoms with Crippen molar-refractivity contribution < 1.29 is 9.59 Å². The number of nitrogens with one attached hydrogen (secondary N) is 1. The number of pyridine rings is 1. The smallest absolute Gasteiger partial charge is 0.274 e. The zero-order valence-electron chi connectivity index (χ0n) is 16.7. The topological polar surface area (TPSA) is 62.3 Å². The van der Waals surface area contributed by atoms with E-state index < -0.39 is 5.91 Å². The number of rotatable bonds is 3. The lowest BCUT2D eigenvalue weighted by molar-refractivity contribution is -0.125. The van der Waals surface area contributed by atoms with Crippen molar-refractivity contribution in [2.24, 2.45) is 0 Å². The quantitative estimate of drug-likeness (QED) is 0.483. The van der Waals surface area contributed by atoms with E-state index in [4.69, 9.17) is 17.2 Å². The Balaban J connectivity index is 1.87. The van der Waals surface area contributed by atoms with Crippen LogP contribution in [0.2, 0.25) is 0 Å². The number of carbonyl (C=O) groups excluding carboxylic acids is 2. The molecule has 0 radical (unpaired) electrons. The Morgan fingerprint density at radius 2 is 1.80 bits per heavy atom. The fourth-order valence-corrected chi connectivity index (χ4v) is 4.41. The van der Waals surface area contributed by atoms with Gasteiger partial charge in [0.25, 0.3) is 5.91 Å². The molecule has 1 aromatic heterocycles. The highest BCUT2D eigenvalue weighted by Gasteiger charge is 2.33. The molecule has 0 bridgehead atoms. The fourth-order valence-electron chi connectivity index (χ4n) is 3.22. The standard InChI is InChI=1S/C23H19N3O2S2/c1-13-4-7-18(8-5-13)30-22-17(11-16-10-14(2)6-9-19(16)24-22)12-20-21(28)25-23(29)26(20)15(3)27/h4-12H,1-3H3,(H,25,28,29)/b20-12-. The van der Waals surface area contributed by atoms with Crippen LogP contribution in [-0.4, -0.2) is 26.8 Å². The van der Waals surface area contributed by atoms with Gasteiger partial charge in [0, 0.05) is 22.8 Å². The van der Waals surface area contributed by atoms with Crippen molar-refractivity contribution >= 4 is 57.9 Å². The van der Waals surface area contributed by atoms with Gasteiger partial charge < -0.3 is 0 Å².